The zero-order chi connectivity index (χ0) is 22.1. The number of nitrogens with zero attached hydrogens (tertiary/aromatic N) is 1. The van der Waals surface area contributed by atoms with Gasteiger partial charge in [0.15, 0.2) is 5.96 Å². The Bertz CT molecular complexity index is 741. The molecule has 4 aliphatic rings. The standard InChI is InChI=1S/C26H45N3O/c1-16-7-8-19-24(4,17(16)15-29-22(27)28)13-10-20-25(19,5)14-9-18-23(2,3)12-11-21(30)26(18,20)6/h17-21,30H,1,7-15H2,2-6H3,(H4,27,28,29)/t17-,18-,19+,20-,21+,24+,25-,26-/m1/s1. The maximum atomic E-state index is 11.4. The summed E-state index contributed by atoms with van der Waals surface area (Å²) in [7, 11) is 0. The normalized spacial score (nSPS) is 50.1. The molecule has 30 heavy (non-hydrogen) atoms. The number of aliphatic imine (C=N–C) groups is 1. The van der Waals surface area contributed by atoms with Crippen LogP contribution in [0.25, 0.3) is 0 Å². The summed E-state index contributed by atoms with van der Waals surface area (Å²) >= 11 is 0. The lowest BCUT2D eigenvalue weighted by Gasteiger charge is -2.71. The van der Waals surface area contributed by atoms with Crippen molar-refractivity contribution in [2.45, 2.75) is 92.1 Å². The van der Waals surface area contributed by atoms with E-state index in [1.807, 2.05) is 0 Å². The number of hydrogen-bond donors (Lipinski definition) is 3. The summed E-state index contributed by atoms with van der Waals surface area (Å²) in [6.07, 6.45) is 9.18. The largest absolute Gasteiger partial charge is 0.393 e. The first kappa shape index (κ1) is 22.2. The van der Waals surface area contributed by atoms with Crippen molar-refractivity contribution in [3.63, 3.8) is 0 Å². The van der Waals surface area contributed by atoms with E-state index in [9.17, 15) is 5.11 Å². The third kappa shape index (κ3) is 2.92. The molecule has 170 valence electrons. The number of aliphatic hydroxyl groups excluding tert-OH is 1. The van der Waals surface area contributed by atoms with Gasteiger partial charge in [-0.15, -0.1) is 0 Å². The van der Waals surface area contributed by atoms with Crippen LogP contribution in [0.2, 0.25) is 0 Å². The van der Waals surface area contributed by atoms with Crippen molar-refractivity contribution in [1.82, 2.24) is 0 Å². The summed E-state index contributed by atoms with van der Waals surface area (Å²) in [6, 6.07) is 0. The van der Waals surface area contributed by atoms with Crippen LogP contribution in [-0.2, 0) is 0 Å². The predicted octanol–water partition coefficient (Wildman–Crippen LogP) is 4.86. The van der Waals surface area contributed by atoms with Gasteiger partial charge < -0.3 is 16.6 Å². The molecule has 0 aromatic carbocycles. The molecule has 4 heteroatoms. The molecule has 4 saturated carbocycles. The summed E-state index contributed by atoms with van der Waals surface area (Å²) in [6.45, 7) is 17.5. The van der Waals surface area contributed by atoms with Crippen molar-refractivity contribution in [3.8, 4) is 0 Å². The lowest BCUT2D eigenvalue weighted by molar-refractivity contribution is -0.236. The van der Waals surface area contributed by atoms with Gasteiger partial charge in [-0.25, -0.2) is 0 Å². The van der Waals surface area contributed by atoms with Gasteiger partial charge in [-0.05, 0) is 85.4 Å². The number of nitrogens with two attached hydrogens (primary N) is 2. The van der Waals surface area contributed by atoms with Gasteiger partial charge in [-0.3, -0.25) is 4.99 Å². The number of hydrogen-bond acceptors (Lipinski definition) is 2. The van der Waals surface area contributed by atoms with E-state index in [0.717, 1.165) is 19.3 Å². The second-order valence-corrected chi connectivity index (χ2v) is 12.7. The minimum Gasteiger partial charge on any atom is -0.393 e. The van der Waals surface area contributed by atoms with E-state index < -0.39 is 0 Å². The van der Waals surface area contributed by atoms with Crippen LogP contribution in [0.5, 0.6) is 0 Å². The van der Waals surface area contributed by atoms with E-state index >= 15 is 0 Å². The number of aliphatic hydroxyl groups is 1. The Morgan fingerprint density at radius 1 is 0.933 bits per heavy atom. The summed E-state index contributed by atoms with van der Waals surface area (Å²) < 4.78 is 0. The fraction of sp³-hybridized carbons (Fsp3) is 0.885. The minimum absolute atomic E-state index is 0.0277. The molecule has 0 saturated heterocycles. The van der Waals surface area contributed by atoms with Crippen LogP contribution in [0.4, 0.5) is 0 Å². The summed E-state index contributed by atoms with van der Waals surface area (Å²) in [5.74, 6) is 2.39. The molecule has 8 atom stereocenters. The lowest BCUT2D eigenvalue weighted by atomic mass is 9.34. The van der Waals surface area contributed by atoms with E-state index in [0.29, 0.717) is 35.6 Å². The highest BCUT2D eigenvalue weighted by Gasteiger charge is 2.67. The number of fused-ring (bicyclic) bond motifs is 5. The van der Waals surface area contributed by atoms with Gasteiger partial charge in [0.25, 0.3) is 0 Å². The van der Waals surface area contributed by atoms with Crippen molar-refractivity contribution in [2.24, 2.45) is 61.8 Å². The number of guanidine groups is 1. The van der Waals surface area contributed by atoms with E-state index in [1.54, 1.807) is 0 Å². The van der Waals surface area contributed by atoms with Crippen LogP contribution in [0.3, 0.4) is 0 Å². The molecule has 0 aromatic heterocycles. The zero-order valence-electron chi connectivity index (χ0n) is 20.0. The summed E-state index contributed by atoms with van der Waals surface area (Å²) in [4.78, 5) is 4.44. The van der Waals surface area contributed by atoms with E-state index in [1.165, 1.54) is 37.7 Å². The van der Waals surface area contributed by atoms with Crippen molar-refractivity contribution < 1.29 is 5.11 Å². The highest BCUT2D eigenvalue weighted by atomic mass is 16.3. The third-order valence-electron chi connectivity index (χ3n) is 11.1. The van der Waals surface area contributed by atoms with Crippen LogP contribution in [0, 0.1) is 45.3 Å². The molecule has 0 spiro atoms. The van der Waals surface area contributed by atoms with Gasteiger partial charge in [-0.2, -0.15) is 0 Å². The van der Waals surface area contributed by atoms with E-state index in [-0.39, 0.29) is 28.3 Å². The first-order valence-corrected chi connectivity index (χ1v) is 12.3. The fourth-order valence-electron chi connectivity index (χ4n) is 9.61. The Kier molecular flexibility index (Phi) is 5.16. The first-order valence-electron chi connectivity index (χ1n) is 12.3. The molecule has 5 N–H and O–H groups in total. The Hall–Kier alpha value is -1.03. The van der Waals surface area contributed by atoms with Crippen molar-refractivity contribution in [1.29, 1.82) is 0 Å². The molecule has 0 aliphatic heterocycles. The average molecular weight is 416 g/mol. The molecule has 4 aliphatic carbocycles. The fourth-order valence-corrected chi connectivity index (χ4v) is 9.61. The average Bonchev–Trinajstić information content (AvgIpc) is 2.63. The molecule has 4 fully saturated rings. The quantitative estimate of drug-likeness (QED) is 0.342. The Morgan fingerprint density at radius 3 is 2.23 bits per heavy atom. The van der Waals surface area contributed by atoms with Crippen molar-refractivity contribution >= 4 is 5.96 Å². The van der Waals surface area contributed by atoms with E-state index in [2.05, 4.69) is 46.2 Å². The van der Waals surface area contributed by atoms with Gasteiger partial charge in [0, 0.05) is 17.9 Å². The van der Waals surface area contributed by atoms with Crippen LogP contribution < -0.4 is 11.5 Å². The maximum absolute atomic E-state index is 11.4. The number of rotatable bonds is 2. The second kappa shape index (κ2) is 6.98. The highest BCUT2D eigenvalue weighted by Crippen LogP contribution is 2.73. The van der Waals surface area contributed by atoms with Crippen LogP contribution >= 0.6 is 0 Å². The molecular weight excluding hydrogens is 370 g/mol. The molecule has 0 heterocycles. The summed E-state index contributed by atoms with van der Waals surface area (Å²) in [5.41, 5.74) is 13.5. The van der Waals surface area contributed by atoms with Gasteiger partial charge in [0.05, 0.1) is 6.10 Å². The Labute approximate surface area is 184 Å². The Balaban J connectivity index is 1.72. The minimum atomic E-state index is -0.166. The monoisotopic (exact) mass is 415 g/mol. The van der Waals surface area contributed by atoms with Crippen LogP contribution in [0.1, 0.15) is 86.0 Å². The van der Waals surface area contributed by atoms with Crippen molar-refractivity contribution in [2.75, 3.05) is 6.54 Å². The zero-order valence-corrected chi connectivity index (χ0v) is 20.0. The topological polar surface area (TPSA) is 84.6 Å². The molecule has 4 nitrogen and oxygen atoms in total. The molecule has 0 bridgehead atoms. The second-order valence-electron chi connectivity index (χ2n) is 12.7. The lowest BCUT2D eigenvalue weighted by Crippen LogP contribution is -2.66. The van der Waals surface area contributed by atoms with Crippen LogP contribution in [-0.4, -0.2) is 23.7 Å². The van der Waals surface area contributed by atoms with Gasteiger partial charge in [-0.1, -0.05) is 46.8 Å². The van der Waals surface area contributed by atoms with Crippen molar-refractivity contribution in [3.05, 3.63) is 12.2 Å². The third-order valence-corrected chi connectivity index (χ3v) is 11.1. The SMILES string of the molecule is C=C1CC[C@H]2[C@@](C)(CC[C@@H]3[C@]2(C)CC[C@@H]2C(C)(C)CC[C@H](O)[C@]23C)[C@@H]1CN=C(N)N. The molecular formula is C26H45N3O. The van der Waals surface area contributed by atoms with Gasteiger partial charge >= 0.3 is 0 Å². The molecule has 0 aromatic rings. The smallest absolute Gasteiger partial charge is 0.185 e. The molecule has 0 amide bonds. The Morgan fingerprint density at radius 2 is 1.57 bits per heavy atom. The summed E-state index contributed by atoms with van der Waals surface area (Å²) in [5, 5.41) is 11.4. The van der Waals surface area contributed by atoms with Crippen LogP contribution in [0.15, 0.2) is 17.1 Å². The maximum Gasteiger partial charge on any atom is 0.185 e. The molecule has 0 radical (unpaired) electrons. The van der Waals surface area contributed by atoms with E-state index in [4.69, 9.17) is 11.5 Å². The van der Waals surface area contributed by atoms with Gasteiger partial charge in [0.2, 0.25) is 0 Å². The highest BCUT2D eigenvalue weighted by molar-refractivity contribution is 5.75. The first-order chi connectivity index (χ1) is 13.9. The predicted molar refractivity (Wildman–Crippen MR) is 125 cm³/mol. The van der Waals surface area contributed by atoms with Gasteiger partial charge in [0.1, 0.15) is 0 Å². The molecule has 4 rings (SSSR count). The molecule has 0 unspecified atom stereocenters.